The molecule has 1 aromatic heterocycles. The number of nitrogens with zero attached hydrogens (tertiary/aromatic N) is 2. The van der Waals surface area contributed by atoms with Crippen molar-refractivity contribution in [2.24, 2.45) is 5.92 Å². The molecule has 0 spiro atoms. The lowest BCUT2D eigenvalue weighted by molar-refractivity contribution is 0.144. The molecule has 3 unspecified atom stereocenters. The van der Waals surface area contributed by atoms with Crippen LogP contribution in [-0.4, -0.2) is 28.5 Å². The van der Waals surface area contributed by atoms with Gasteiger partial charge in [-0.25, -0.2) is 0 Å². The molecule has 0 amide bonds. The van der Waals surface area contributed by atoms with Crippen molar-refractivity contribution in [2.75, 3.05) is 6.54 Å². The van der Waals surface area contributed by atoms with Gasteiger partial charge in [-0.1, -0.05) is 75.9 Å². The zero-order chi connectivity index (χ0) is 24.6. The lowest BCUT2D eigenvalue weighted by Gasteiger charge is -2.43. The molecule has 1 heterocycles. The molecule has 3 nitrogen and oxygen atoms in total. The number of hydrogen-bond donors (Lipinski definition) is 1. The monoisotopic (exact) mass is 465 g/mol. The highest BCUT2D eigenvalue weighted by molar-refractivity contribution is 5.65. The maximum absolute atomic E-state index is 4.66. The van der Waals surface area contributed by atoms with Crippen LogP contribution in [0.4, 0.5) is 0 Å². The van der Waals surface area contributed by atoms with Crippen molar-refractivity contribution in [3.8, 4) is 11.1 Å². The third-order valence-corrected chi connectivity index (χ3v) is 7.35. The maximum atomic E-state index is 4.66. The number of benzene rings is 2. The first-order valence-corrected chi connectivity index (χ1v) is 13.1. The number of rotatable bonds is 9. The highest BCUT2D eigenvalue weighted by Gasteiger charge is 2.33. The van der Waals surface area contributed by atoms with Crippen molar-refractivity contribution in [3.63, 3.8) is 0 Å². The molecule has 3 aromatic rings. The van der Waals surface area contributed by atoms with Crippen molar-refractivity contribution in [2.45, 2.75) is 65.1 Å². The first kappa shape index (κ1) is 25.0. The Hall–Kier alpha value is -3.13. The summed E-state index contributed by atoms with van der Waals surface area (Å²) in [7, 11) is 0. The number of aryl methyl sites for hydroxylation is 1. The summed E-state index contributed by atoms with van der Waals surface area (Å²) in [6.07, 6.45) is 6.45. The van der Waals surface area contributed by atoms with Gasteiger partial charge in [-0.3, -0.25) is 4.98 Å². The van der Waals surface area contributed by atoms with Gasteiger partial charge in [-0.2, -0.15) is 0 Å². The first-order valence-electron chi connectivity index (χ1n) is 13.1. The van der Waals surface area contributed by atoms with E-state index in [2.05, 4.69) is 103 Å². The first-order chi connectivity index (χ1) is 17.1. The number of aromatic nitrogens is 1. The van der Waals surface area contributed by atoms with Crippen LogP contribution in [0.5, 0.6) is 0 Å². The molecule has 1 fully saturated rings. The Morgan fingerprint density at radius 3 is 2.49 bits per heavy atom. The highest BCUT2D eigenvalue weighted by Crippen LogP contribution is 2.34. The van der Waals surface area contributed by atoms with Crippen LogP contribution in [0.1, 0.15) is 56.9 Å². The van der Waals surface area contributed by atoms with Crippen LogP contribution in [0.15, 0.2) is 85.2 Å². The quantitative estimate of drug-likeness (QED) is 0.341. The van der Waals surface area contributed by atoms with E-state index in [4.69, 9.17) is 0 Å². The fourth-order valence-corrected chi connectivity index (χ4v) is 5.50. The third kappa shape index (κ3) is 6.11. The van der Waals surface area contributed by atoms with E-state index in [-0.39, 0.29) is 0 Å². The minimum absolute atomic E-state index is 0.420. The van der Waals surface area contributed by atoms with Gasteiger partial charge in [-0.15, -0.1) is 5.73 Å². The van der Waals surface area contributed by atoms with E-state index < -0.39 is 0 Å². The molecular formula is C32H39N3. The van der Waals surface area contributed by atoms with Crippen molar-refractivity contribution < 1.29 is 0 Å². The molecule has 2 aromatic carbocycles. The second-order valence-electron chi connectivity index (χ2n) is 9.73. The Labute approximate surface area is 211 Å². The van der Waals surface area contributed by atoms with Crippen LogP contribution < -0.4 is 5.32 Å². The molecule has 3 heteroatoms. The van der Waals surface area contributed by atoms with E-state index in [9.17, 15) is 0 Å². The van der Waals surface area contributed by atoms with Crippen molar-refractivity contribution in [1.82, 2.24) is 15.2 Å². The number of nitrogens with one attached hydrogen (secondary N) is 1. The third-order valence-electron chi connectivity index (χ3n) is 7.35. The normalized spacial score (nSPS) is 19.7. The molecular weight excluding hydrogens is 426 g/mol. The van der Waals surface area contributed by atoms with Gasteiger partial charge in [0.1, 0.15) is 5.70 Å². The van der Waals surface area contributed by atoms with Crippen LogP contribution in [-0.2, 0) is 13.0 Å². The summed E-state index contributed by atoms with van der Waals surface area (Å²) in [5.41, 5.74) is 10.4. The molecule has 0 saturated heterocycles. The Balaban J connectivity index is 1.65. The second-order valence-corrected chi connectivity index (χ2v) is 9.73. The van der Waals surface area contributed by atoms with Crippen LogP contribution in [0.3, 0.4) is 0 Å². The Kier molecular flexibility index (Phi) is 8.58. The standard InChI is InChI=1S/C32H39N3/c1-5-25-14-16-27(17-15-25)28-12-10-11-26(22-28)23-35(31(6-2)30-13-8-9-20-34-30)32-19-18-29(33-7-3)21-24(32)4/h8-17,20,22,24,29,32-33H,2,5,7,18-19,21,23H2,1,3-4H3. The van der Waals surface area contributed by atoms with Gasteiger partial charge < -0.3 is 10.2 Å². The van der Waals surface area contributed by atoms with Crippen LogP contribution >= 0.6 is 0 Å². The average molecular weight is 466 g/mol. The molecule has 1 aliphatic carbocycles. The molecule has 0 bridgehead atoms. The number of pyridine rings is 1. The molecule has 1 aliphatic rings. The van der Waals surface area contributed by atoms with Gasteiger partial charge in [0.2, 0.25) is 0 Å². The van der Waals surface area contributed by atoms with Crippen LogP contribution in [0, 0.1) is 5.92 Å². The van der Waals surface area contributed by atoms with Crippen molar-refractivity contribution in [3.05, 3.63) is 102 Å². The SMILES string of the molecule is C=C=C(c1ccccn1)N(Cc1cccc(-c2ccc(CC)cc2)c1)C1CCC(NCC)CC1C. The largest absolute Gasteiger partial charge is 0.356 e. The fraction of sp³-hybridized carbons (Fsp3) is 0.375. The molecule has 182 valence electrons. The second kappa shape index (κ2) is 12.0. The van der Waals surface area contributed by atoms with Gasteiger partial charge in [0.25, 0.3) is 0 Å². The molecule has 0 aliphatic heterocycles. The fourth-order valence-electron chi connectivity index (χ4n) is 5.50. The molecule has 1 saturated carbocycles. The topological polar surface area (TPSA) is 28.2 Å². The van der Waals surface area contributed by atoms with E-state index in [1.807, 2.05) is 18.3 Å². The highest BCUT2D eigenvalue weighted by atomic mass is 15.2. The van der Waals surface area contributed by atoms with Gasteiger partial charge in [-0.05, 0) is 78.6 Å². The van der Waals surface area contributed by atoms with E-state index in [1.165, 1.54) is 35.1 Å². The van der Waals surface area contributed by atoms with E-state index in [0.29, 0.717) is 18.0 Å². The van der Waals surface area contributed by atoms with Crippen LogP contribution in [0.2, 0.25) is 0 Å². The maximum Gasteiger partial charge on any atom is 0.106 e. The molecule has 3 atom stereocenters. The summed E-state index contributed by atoms with van der Waals surface area (Å²) >= 11 is 0. The predicted molar refractivity (Wildman–Crippen MR) is 148 cm³/mol. The predicted octanol–water partition coefficient (Wildman–Crippen LogP) is 7.11. The minimum atomic E-state index is 0.420. The Morgan fingerprint density at radius 2 is 1.83 bits per heavy atom. The smallest absolute Gasteiger partial charge is 0.106 e. The molecule has 0 radical (unpaired) electrons. The van der Waals surface area contributed by atoms with E-state index in [0.717, 1.165) is 37.3 Å². The lowest BCUT2D eigenvalue weighted by Crippen LogP contribution is -2.46. The van der Waals surface area contributed by atoms with Gasteiger partial charge in [0.05, 0.1) is 5.69 Å². The van der Waals surface area contributed by atoms with Crippen molar-refractivity contribution >= 4 is 5.70 Å². The zero-order valence-electron chi connectivity index (χ0n) is 21.5. The molecule has 4 rings (SSSR count). The summed E-state index contributed by atoms with van der Waals surface area (Å²) in [4.78, 5) is 7.18. The average Bonchev–Trinajstić information content (AvgIpc) is 2.90. The summed E-state index contributed by atoms with van der Waals surface area (Å²) in [5.74, 6) is 0.560. The summed E-state index contributed by atoms with van der Waals surface area (Å²) in [6, 6.07) is 25.0. The Morgan fingerprint density at radius 1 is 1.00 bits per heavy atom. The zero-order valence-corrected chi connectivity index (χ0v) is 21.5. The van der Waals surface area contributed by atoms with E-state index >= 15 is 0 Å². The van der Waals surface area contributed by atoms with E-state index in [1.54, 1.807) is 0 Å². The van der Waals surface area contributed by atoms with Gasteiger partial charge in [0.15, 0.2) is 0 Å². The lowest BCUT2D eigenvalue weighted by atomic mass is 9.81. The van der Waals surface area contributed by atoms with Gasteiger partial charge in [0, 0.05) is 24.8 Å². The molecule has 35 heavy (non-hydrogen) atoms. The summed E-state index contributed by atoms with van der Waals surface area (Å²) in [6.45, 7) is 12.7. The van der Waals surface area contributed by atoms with Crippen LogP contribution in [0.25, 0.3) is 16.8 Å². The Bertz CT molecular complexity index is 1130. The number of hydrogen-bond acceptors (Lipinski definition) is 3. The van der Waals surface area contributed by atoms with Crippen molar-refractivity contribution in [1.29, 1.82) is 0 Å². The molecule has 1 N–H and O–H groups in total. The minimum Gasteiger partial charge on any atom is -0.356 e. The van der Waals surface area contributed by atoms with Gasteiger partial charge >= 0.3 is 0 Å². The summed E-state index contributed by atoms with van der Waals surface area (Å²) < 4.78 is 0. The summed E-state index contributed by atoms with van der Waals surface area (Å²) in [5, 5.41) is 3.67.